The second-order valence-electron chi connectivity index (χ2n) is 6.42. The molecule has 1 aliphatic rings. The number of sulfonamides is 1. The molecular weight excluding hydrogens is 368 g/mol. The number of nitrogens with zero attached hydrogens (tertiary/aromatic N) is 4. The zero-order valence-electron chi connectivity index (χ0n) is 14.9. The number of fused-ring (bicyclic) bond motifs is 1. The van der Waals surface area contributed by atoms with Crippen molar-refractivity contribution in [3.63, 3.8) is 0 Å². The second kappa shape index (κ2) is 7.26. The maximum atomic E-state index is 13.0. The zero-order valence-corrected chi connectivity index (χ0v) is 15.7. The van der Waals surface area contributed by atoms with Gasteiger partial charge in [-0.25, -0.2) is 13.0 Å². The summed E-state index contributed by atoms with van der Waals surface area (Å²) in [5, 5.41) is 7.48. The van der Waals surface area contributed by atoms with Gasteiger partial charge in [0.15, 0.2) is 5.52 Å². The minimum absolute atomic E-state index is 0.143. The fourth-order valence-electron chi connectivity index (χ4n) is 3.25. The quantitative estimate of drug-likeness (QED) is 0.658. The molecular formula is C18H20N4O4S. The molecule has 0 spiro atoms. The lowest BCUT2D eigenvalue weighted by Crippen LogP contribution is -2.48. The van der Waals surface area contributed by atoms with E-state index in [4.69, 9.17) is 4.74 Å². The van der Waals surface area contributed by atoms with Gasteiger partial charge < -0.3 is 4.74 Å². The molecule has 0 atom stereocenters. The lowest BCUT2D eigenvalue weighted by atomic mass is 10.2. The van der Waals surface area contributed by atoms with E-state index in [0.717, 1.165) is 12.3 Å². The Morgan fingerprint density at radius 2 is 1.78 bits per heavy atom. The highest BCUT2D eigenvalue weighted by Gasteiger charge is 2.30. The molecule has 9 heteroatoms. The van der Waals surface area contributed by atoms with Gasteiger partial charge in [0.1, 0.15) is 16.2 Å². The number of hydrogen-bond acceptors (Lipinski definition) is 7. The molecule has 1 aliphatic heterocycles. The molecule has 0 N–H and O–H groups in total. The lowest BCUT2D eigenvalue weighted by Gasteiger charge is -2.34. The third kappa shape index (κ3) is 3.53. The topological polar surface area (TPSA) is 88.8 Å². The van der Waals surface area contributed by atoms with Crippen LogP contribution in [0.4, 0.5) is 0 Å². The molecule has 0 radical (unpaired) electrons. The van der Waals surface area contributed by atoms with Crippen molar-refractivity contribution in [3.05, 3.63) is 48.0 Å². The van der Waals surface area contributed by atoms with Gasteiger partial charge in [-0.2, -0.15) is 4.31 Å². The maximum absolute atomic E-state index is 13.0. The van der Waals surface area contributed by atoms with E-state index in [0.29, 0.717) is 31.7 Å². The van der Waals surface area contributed by atoms with Crippen LogP contribution in [0.1, 0.15) is 5.56 Å². The predicted octanol–water partition coefficient (Wildman–Crippen LogP) is 1.74. The number of benzene rings is 2. The Kier molecular flexibility index (Phi) is 4.81. The van der Waals surface area contributed by atoms with Crippen molar-refractivity contribution >= 4 is 21.1 Å². The first-order chi connectivity index (χ1) is 13.1. The highest BCUT2D eigenvalue weighted by molar-refractivity contribution is 7.89. The number of methoxy groups -OCH3 is 1. The summed E-state index contributed by atoms with van der Waals surface area (Å²) in [5.74, 6) is 0.825. The van der Waals surface area contributed by atoms with Crippen LogP contribution in [0.25, 0.3) is 11.0 Å². The van der Waals surface area contributed by atoms with Crippen LogP contribution in [-0.2, 0) is 16.6 Å². The van der Waals surface area contributed by atoms with Crippen molar-refractivity contribution < 1.29 is 17.8 Å². The van der Waals surface area contributed by atoms with Crippen molar-refractivity contribution in [2.24, 2.45) is 0 Å². The molecule has 1 saturated heterocycles. The van der Waals surface area contributed by atoms with Gasteiger partial charge in [-0.15, -0.1) is 0 Å². The van der Waals surface area contributed by atoms with Gasteiger partial charge in [0.25, 0.3) is 0 Å². The minimum Gasteiger partial charge on any atom is -0.497 e. The summed E-state index contributed by atoms with van der Waals surface area (Å²) in [6.07, 6.45) is 0. The standard InChI is InChI=1S/C18H20N4O4S/c1-25-15-7-5-14(6-8-15)13-21-9-11-22(12-10-21)27(23,24)17-4-2-3-16-18(17)20-26-19-16/h2-8H,9-13H2,1H3. The molecule has 142 valence electrons. The molecule has 3 aromatic rings. The second-order valence-corrected chi connectivity index (χ2v) is 8.32. The van der Waals surface area contributed by atoms with Crippen LogP contribution in [0.3, 0.4) is 0 Å². The van der Waals surface area contributed by atoms with Crippen molar-refractivity contribution in [3.8, 4) is 5.75 Å². The highest BCUT2D eigenvalue weighted by atomic mass is 32.2. The van der Waals surface area contributed by atoms with E-state index in [9.17, 15) is 8.42 Å². The SMILES string of the molecule is COc1ccc(CN2CCN(S(=O)(=O)c3cccc4nonc34)CC2)cc1. The third-order valence-corrected chi connectivity index (χ3v) is 6.69. The van der Waals surface area contributed by atoms with Crippen LogP contribution >= 0.6 is 0 Å². The van der Waals surface area contributed by atoms with Crippen LogP contribution in [0, 0.1) is 0 Å². The Morgan fingerprint density at radius 1 is 1.04 bits per heavy atom. The van der Waals surface area contributed by atoms with Crippen LogP contribution in [-0.4, -0.2) is 61.2 Å². The molecule has 2 aromatic carbocycles. The van der Waals surface area contributed by atoms with Crippen LogP contribution in [0.15, 0.2) is 52.0 Å². The van der Waals surface area contributed by atoms with Gasteiger partial charge in [-0.05, 0) is 40.1 Å². The number of rotatable bonds is 5. The monoisotopic (exact) mass is 388 g/mol. The summed E-state index contributed by atoms with van der Waals surface area (Å²) >= 11 is 0. The van der Waals surface area contributed by atoms with Gasteiger partial charge in [-0.3, -0.25) is 4.90 Å². The van der Waals surface area contributed by atoms with Gasteiger partial charge in [0.2, 0.25) is 10.0 Å². The smallest absolute Gasteiger partial charge is 0.245 e. The Morgan fingerprint density at radius 3 is 2.48 bits per heavy atom. The van der Waals surface area contributed by atoms with Crippen LogP contribution < -0.4 is 4.74 Å². The van der Waals surface area contributed by atoms with Crippen molar-refractivity contribution in [2.75, 3.05) is 33.3 Å². The van der Waals surface area contributed by atoms with Gasteiger partial charge in [0, 0.05) is 32.7 Å². The normalized spacial score (nSPS) is 16.6. The van der Waals surface area contributed by atoms with E-state index in [1.54, 1.807) is 25.3 Å². The molecule has 1 fully saturated rings. The molecule has 0 amide bonds. The van der Waals surface area contributed by atoms with Gasteiger partial charge >= 0.3 is 0 Å². The first-order valence-electron chi connectivity index (χ1n) is 8.64. The maximum Gasteiger partial charge on any atom is 0.245 e. The molecule has 8 nitrogen and oxygen atoms in total. The average Bonchev–Trinajstić information content (AvgIpc) is 3.18. The number of aromatic nitrogens is 2. The summed E-state index contributed by atoms with van der Waals surface area (Å²) in [7, 11) is -1.99. The van der Waals surface area contributed by atoms with Crippen molar-refractivity contribution in [1.29, 1.82) is 0 Å². The largest absolute Gasteiger partial charge is 0.497 e. The van der Waals surface area contributed by atoms with Crippen molar-refractivity contribution in [2.45, 2.75) is 11.4 Å². The summed E-state index contributed by atoms with van der Waals surface area (Å²) in [6, 6.07) is 12.8. The van der Waals surface area contributed by atoms with E-state index < -0.39 is 10.0 Å². The molecule has 27 heavy (non-hydrogen) atoms. The van der Waals surface area contributed by atoms with E-state index in [-0.39, 0.29) is 10.4 Å². The highest BCUT2D eigenvalue weighted by Crippen LogP contribution is 2.24. The zero-order chi connectivity index (χ0) is 18.9. The summed E-state index contributed by atoms with van der Waals surface area (Å²) in [6.45, 7) is 2.97. The molecule has 0 bridgehead atoms. The first kappa shape index (κ1) is 17.9. The molecule has 4 rings (SSSR count). The Bertz CT molecular complexity index is 1020. The van der Waals surface area contributed by atoms with Crippen molar-refractivity contribution in [1.82, 2.24) is 19.5 Å². The minimum atomic E-state index is -3.64. The summed E-state index contributed by atoms with van der Waals surface area (Å²) < 4.78 is 37.4. The predicted molar refractivity (Wildman–Crippen MR) is 98.8 cm³/mol. The lowest BCUT2D eigenvalue weighted by molar-refractivity contribution is 0.181. The van der Waals surface area contributed by atoms with E-state index in [1.807, 2.05) is 24.3 Å². The van der Waals surface area contributed by atoms with E-state index >= 15 is 0 Å². The number of hydrogen-bond donors (Lipinski definition) is 0. The molecule has 2 heterocycles. The first-order valence-corrected chi connectivity index (χ1v) is 10.1. The number of ether oxygens (including phenoxy) is 1. The molecule has 0 saturated carbocycles. The van der Waals surface area contributed by atoms with Gasteiger partial charge in [-0.1, -0.05) is 18.2 Å². The van der Waals surface area contributed by atoms with E-state index in [1.165, 1.54) is 9.87 Å². The molecule has 0 unspecified atom stereocenters. The molecule has 0 aliphatic carbocycles. The Hall–Kier alpha value is -2.49. The van der Waals surface area contributed by atoms with Crippen LogP contribution in [0.2, 0.25) is 0 Å². The number of piperazine rings is 1. The fourth-order valence-corrected chi connectivity index (χ4v) is 4.80. The molecule has 1 aromatic heterocycles. The Labute approximate surface area is 157 Å². The summed E-state index contributed by atoms with van der Waals surface area (Å²) in [4.78, 5) is 2.39. The Balaban J connectivity index is 1.44. The third-order valence-electron chi connectivity index (χ3n) is 4.76. The van der Waals surface area contributed by atoms with Crippen LogP contribution in [0.5, 0.6) is 5.75 Å². The fraction of sp³-hybridized carbons (Fsp3) is 0.333. The average molecular weight is 388 g/mol. The summed E-state index contributed by atoms with van der Waals surface area (Å²) in [5.41, 5.74) is 1.89. The van der Waals surface area contributed by atoms with Gasteiger partial charge in [0.05, 0.1) is 7.11 Å². The van der Waals surface area contributed by atoms with E-state index in [2.05, 4.69) is 19.8 Å².